The highest BCUT2D eigenvalue weighted by atomic mass is 16.5. The van der Waals surface area contributed by atoms with Crippen LogP contribution in [-0.4, -0.2) is 29.6 Å². The van der Waals surface area contributed by atoms with Crippen LogP contribution < -0.4 is 5.73 Å². The van der Waals surface area contributed by atoms with Gasteiger partial charge in [0.25, 0.3) is 5.91 Å². The molecule has 0 bridgehead atoms. The second kappa shape index (κ2) is 6.06. The molecule has 0 saturated carbocycles. The molecule has 1 unspecified atom stereocenters. The van der Waals surface area contributed by atoms with Gasteiger partial charge in [-0.2, -0.15) is 0 Å². The summed E-state index contributed by atoms with van der Waals surface area (Å²) in [5.74, 6) is 0.0794. The van der Waals surface area contributed by atoms with Gasteiger partial charge in [0.15, 0.2) is 0 Å². The number of amides is 1. The predicted octanol–water partition coefficient (Wildman–Crippen LogP) is 2.18. The van der Waals surface area contributed by atoms with Crippen LogP contribution in [0.25, 0.3) is 0 Å². The zero-order chi connectivity index (χ0) is 13.8. The number of nitrogens with two attached hydrogens (primary N) is 1. The molecule has 1 aliphatic rings. The van der Waals surface area contributed by atoms with Crippen LogP contribution in [0.2, 0.25) is 0 Å². The average molecular weight is 262 g/mol. The van der Waals surface area contributed by atoms with Crippen molar-refractivity contribution in [2.24, 2.45) is 0 Å². The van der Waals surface area contributed by atoms with Crippen molar-refractivity contribution in [2.75, 3.05) is 12.3 Å². The Kier molecular flexibility index (Phi) is 4.43. The fourth-order valence-electron chi connectivity index (χ4n) is 2.33. The molecular weight excluding hydrogens is 240 g/mol. The third-order valence-corrected chi connectivity index (χ3v) is 3.51. The van der Waals surface area contributed by atoms with Gasteiger partial charge in [0.2, 0.25) is 0 Å². The third kappa shape index (κ3) is 3.26. The molecule has 1 fully saturated rings. The van der Waals surface area contributed by atoms with Gasteiger partial charge in [-0.15, -0.1) is 0 Å². The molecule has 1 aliphatic heterocycles. The molecule has 1 saturated heterocycles. The van der Waals surface area contributed by atoms with E-state index in [2.05, 4.69) is 0 Å². The van der Waals surface area contributed by atoms with Gasteiger partial charge >= 0.3 is 0 Å². The zero-order valence-electron chi connectivity index (χ0n) is 11.6. The Morgan fingerprint density at radius 1 is 1.47 bits per heavy atom. The van der Waals surface area contributed by atoms with Gasteiger partial charge in [0.05, 0.1) is 0 Å². The average Bonchev–Trinajstić information content (AvgIpc) is 2.90. The maximum Gasteiger partial charge on any atom is 0.252 e. The van der Waals surface area contributed by atoms with Crippen LogP contribution in [0.5, 0.6) is 0 Å². The molecule has 1 aromatic rings. The van der Waals surface area contributed by atoms with Crippen LogP contribution in [0.15, 0.2) is 24.3 Å². The summed E-state index contributed by atoms with van der Waals surface area (Å²) in [6.07, 6.45) is 1.52. The van der Waals surface area contributed by atoms with Crippen LogP contribution in [0, 0.1) is 0 Å². The molecule has 2 rings (SSSR count). The van der Waals surface area contributed by atoms with Crippen molar-refractivity contribution in [3.05, 3.63) is 29.8 Å². The van der Waals surface area contributed by atoms with Gasteiger partial charge in [0, 0.05) is 24.9 Å². The number of ether oxygens (including phenoxy) is 1. The molecule has 19 heavy (non-hydrogen) atoms. The maximum absolute atomic E-state index is 12.5. The van der Waals surface area contributed by atoms with Crippen molar-refractivity contribution in [1.29, 1.82) is 0 Å². The predicted molar refractivity (Wildman–Crippen MR) is 75.5 cm³/mol. The van der Waals surface area contributed by atoms with Gasteiger partial charge < -0.3 is 15.4 Å². The van der Waals surface area contributed by atoms with E-state index in [0.717, 1.165) is 24.1 Å². The van der Waals surface area contributed by atoms with Gasteiger partial charge in [-0.1, -0.05) is 18.2 Å². The summed E-state index contributed by atoms with van der Waals surface area (Å²) < 4.78 is 5.49. The molecule has 104 valence electrons. The minimum absolute atomic E-state index is 0.0794. The Labute approximate surface area is 114 Å². The Balaban J connectivity index is 2.12. The second-order valence-electron chi connectivity index (χ2n) is 5.26. The van der Waals surface area contributed by atoms with E-state index in [1.807, 2.05) is 43.0 Å². The number of para-hydroxylation sites is 1. The first-order valence-corrected chi connectivity index (χ1v) is 6.85. The second-order valence-corrected chi connectivity index (χ2v) is 5.26. The van der Waals surface area contributed by atoms with Crippen molar-refractivity contribution < 1.29 is 9.53 Å². The molecule has 4 nitrogen and oxygen atoms in total. The molecule has 1 aromatic carbocycles. The van der Waals surface area contributed by atoms with Gasteiger partial charge in [-0.25, -0.2) is 0 Å². The summed E-state index contributed by atoms with van der Waals surface area (Å²) in [6.45, 7) is 5.27. The number of carbonyl (C=O) groups is 1. The van der Waals surface area contributed by atoms with Crippen molar-refractivity contribution >= 4 is 11.6 Å². The van der Waals surface area contributed by atoms with E-state index < -0.39 is 0 Å². The first kappa shape index (κ1) is 13.9. The first-order valence-electron chi connectivity index (χ1n) is 6.85. The number of anilines is 1. The number of rotatable bonds is 4. The molecule has 0 spiro atoms. The monoisotopic (exact) mass is 262 g/mol. The van der Waals surface area contributed by atoms with E-state index in [4.69, 9.17) is 10.5 Å². The number of nitrogen functional groups attached to an aromatic ring is 1. The van der Waals surface area contributed by atoms with Crippen LogP contribution in [0.3, 0.4) is 0 Å². The molecule has 2 N–H and O–H groups in total. The molecule has 1 atom stereocenters. The molecule has 0 aliphatic carbocycles. The Morgan fingerprint density at radius 2 is 2.21 bits per heavy atom. The summed E-state index contributed by atoms with van der Waals surface area (Å²) in [7, 11) is 0. The number of nitrogens with zero attached hydrogens (tertiary/aromatic N) is 1. The number of benzene rings is 1. The largest absolute Gasteiger partial charge is 0.398 e. The highest BCUT2D eigenvalue weighted by molar-refractivity contribution is 5.81. The minimum atomic E-state index is -0.271. The number of hydrogen-bond donors (Lipinski definition) is 1. The summed E-state index contributed by atoms with van der Waals surface area (Å²) in [5.41, 5.74) is 7.67. The van der Waals surface area contributed by atoms with Crippen molar-refractivity contribution in [3.63, 3.8) is 0 Å². The number of carbonyl (C=O) groups excluding carboxylic acids is 1. The van der Waals surface area contributed by atoms with Crippen molar-refractivity contribution in [2.45, 2.75) is 45.4 Å². The van der Waals surface area contributed by atoms with Gasteiger partial charge in [-0.05, 0) is 38.3 Å². The lowest BCUT2D eigenvalue weighted by Gasteiger charge is -2.29. The number of hydrogen-bond acceptors (Lipinski definition) is 3. The zero-order valence-corrected chi connectivity index (χ0v) is 11.6. The van der Waals surface area contributed by atoms with Crippen LogP contribution in [0.4, 0.5) is 5.69 Å². The van der Waals surface area contributed by atoms with Gasteiger partial charge in [-0.3, -0.25) is 4.79 Å². The molecular formula is C15H22N2O2. The fraction of sp³-hybridized carbons (Fsp3) is 0.533. The normalized spacial score (nSPS) is 18.8. The molecule has 1 heterocycles. The summed E-state index contributed by atoms with van der Waals surface area (Å²) in [6, 6.07) is 7.82. The molecule has 1 amide bonds. The maximum atomic E-state index is 12.5. The van der Waals surface area contributed by atoms with E-state index in [1.165, 1.54) is 0 Å². The lowest BCUT2D eigenvalue weighted by atomic mass is 10.1. The topological polar surface area (TPSA) is 55.6 Å². The molecule has 0 aromatic heterocycles. The highest BCUT2D eigenvalue weighted by Gasteiger charge is 2.29. The van der Waals surface area contributed by atoms with E-state index in [-0.39, 0.29) is 18.1 Å². The Morgan fingerprint density at radius 3 is 2.79 bits per heavy atom. The molecule has 4 heteroatoms. The van der Waals surface area contributed by atoms with E-state index >= 15 is 0 Å². The Bertz CT molecular complexity index is 440. The Hall–Kier alpha value is -1.55. The lowest BCUT2D eigenvalue weighted by molar-refractivity contribution is -0.143. The fourth-order valence-corrected chi connectivity index (χ4v) is 2.33. The first-order chi connectivity index (χ1) is 9.09. The summed E-state index contributed by atoms with van der Waals surface area (Å²) >= 11 is 0. The van der Waals surface area contributed by atoms with E-state index in [0.29, 0.717) is 13.2 Å². The SMILES string of the molecule is CC(C)N(Cc1ccccc1N)C(=O)C1CCCO1. The quantitative estimate of drug-likeness (QED) is 0.846. The standard InChI is InChI=1S/C15H22N2O2/c1-11(2)17(15(18)14-8-5-9-19-14)10-12-6-3-4-7-13(12)16/h3-4,6-7,11,14H,5,8-10,16H2,1-2H3. The lowest BCUT2D eigenvalue weighted by Crippen LogP contribution is -2.42. The van der Waals surface area contributed by atoms with Crippen molar-refractivity contribution in [3.8, 4) is 0 Å². The van der Waals surface area contributed by atoms with Crippen LogP contribution in [0.1, 0.15) is 32.3 Å². The van der Waals surface area contributed by atoms with E-state index in [1.54, 1.807) is 0 Å². The van der Waals surface area contributed by atoms with E-state index in [9.17, 15) is 4.79 Å². The van der Waals surface area contributed by atoms with Crippen LogP contribution >= 0.6 is 0 Å². The van der Waals surface area contributed by atoms with Gasteiger partial charge in [0.1, 0.15) is 6.10 Å². The van der Waals surface area contributed by atoms with Crippen molar-refractivity contribution in [1.82, 2.24) is 4.90 Å². The molecule has 0 radical (unpaired) electrons. The van der Waals surface area contributed by atoms with Crippen LogP contribution in [-0.2, 0) is 16.1 Å². The summed E-state index contributed by atoms with van der Waals surface area (Å²) in [4.78, 5) is 14.3. The third-order valence-electron chi connectivity index (χ3n) is 3.51. The summed E-state index contributed by atoms with van der Waals surface area (Å²) in [5, 5.41) is 0. The highest BCUT2D eigenvalue weighted by Crippen LogP contribution is 2.20. The minimum Gasteiger partial charge on any atom is -0.398 e. The smallest absolute Gasteiger partial charge is 0.252 e.